The first-order valence-corrected chi connectivity index (χ1v) is 14.6. The molecule has 0 spiro atoms. The van der Waals surface area contributed by atoms with E-state index in [0.29, 0.717) is 32.4 Å². The average molecular weight is 575 g/mol. The van der Waals surface area contributed by atoms with Crippen LogP contribution in [0.3, 0.4) is 0 Å². The summed E-state index contributed by atoms with van der Waals surface area (Å²) in [6.45, 7) is 15.6. The maximum Gasteiger partial charge on any atom is 0.410 e. The highest BCUT2D eigenvalue weighted by Crippen LogP contribution is 2.21. The molecule has 0 saturated carbocycles. The third kappa shape index (κ3) is 12.1. The Morgan fingerprint density at radius 3 is 2.05 bits per heavy atom. The van der Waals surface area contributed by atoms with Crippen molar-refractivity contribution in [3.05, 3.63) is 35.9 Å². The number of likely N-dealkylation sites (tertiary alicyclic amines) is 1. The summed E-state index contributed by atoms with van der Waals surface area (Å²) < 4.78 is 5.44. The van der Waals surface area contributed by atoms with Crippen molar-refractivity contribution in [3.63, 3.8) is 0 Å². The molecule has 0 aliphatic carbocycles. The summed E-state index contributed by atoms with van der Waals surface area (Å²) >= 11 is 0. The second-order valence-corrected chi connectivity index (χ2v) is 13.4. The van der Waals surface area contributed by atoms with Crippen LogP contribution in [0.15, 0.2) is 30.3 Å². The second kappa shape index (κ2) is 14.7. The number of benzene rings is 1. The zero-order chi connectivity index (χ0) is 31.0. The third-order valence-electron chi connectivity index (χ3n) is 6.63. The minimum atomic E-state index is -1.49. The summed E-state index contributed by atoms with van der Waals surface area (Å²) in [6, 6.07) is 7.55. The van der Waals surface area contributed by atoms with E-state index in [1.165, 1.54) is 0 Å². The van der Waals surface area contributed by atoms with Crippen molar-refractivity contribution < 1.29 is 29.0 Å². The van der Waals surface area contributed by atoms with Crippen molar-refractivity contribution in [1.82, 2.24) is 20.9 Å². The third-order valence-corrected chi connectivity index (χ3v) is 6.63. The van der Waals surface area contributed by atoms with Crippen LogP contribution in [0.4, 0.5) is 4.79 Å². The molecule has 2 rings (SSSR count). The average Bonchev–Trinajstić information content (AvgIpc) is 2.85. The Morgan fingerprint density at radius 2 is 1.54 bits per heavy atom. The number of aliphatic hydroxyl groups is 1. The van der Waals surface area contributed by atoms with Crippen molar-refractivity contribution in [3.8, 4) is 0 Å². The number of carbonyl (C=O) groups is 4. The molecule has 4 N–H and O–H groups in total. The molecule has 1 fully saturated rings. The first-order valence-electron chi connectivity index (χ1n) is 14.6. The van der Waals surface area contributed by atoms with Gasteiger partial charge in [0, 0.05) is 24.5 Å². The van der Waals surface area contributed by atoms with Crippen LogP contribution in [-0.4, -0.2) is 76.2 Å². The summed E-state index contributed by atoms with van der Waals surface area (Å²) in [5, 5.41) is 19.5. The largest absolute Gasteiger partial charge is 0.444 e. The predicted octanol–water partition coefficient (Wildman–Crippen LogP) is 3.17. The van der Waals surface area contributed by atoms with Gasteiger partial charge in [0.1, 0.15) is 11.6 Å². The molecule has 3 unspecified atom stereocenters. The number of piperidine rings is 1. The monoisotopic (exact) mass is 574 g/mol. The number of hydrogen-bond acceptors (Lipinski definition) is 6. The zero-order valence-corrected chi connectivity index (χ0v) is 26.0. The van der Waals surface area contributed by atoms with Gasteiger partial charge in [-0.15, -0.1) is 0 Å². The molecule has 230 valence electrons. The molecule has 0 radical (unpaired) electrons. The molecule has 3 atom stereocenters. The molecule has 0 bridgehead atoms. The summed E-state index contributed by atoms with van der Waals surface area (Å²) in [5.41, 5.74) is -0.309. The first kappa shape index (κ1) is 34.1. The Bertz CT molecular complexity index is 1020. The highest BCUT2D eigenvalue weighted by atomic mass is 16.6. The van der Waals surface area contributed by atoms with Crippen LogP contribution < -0.4 is 16.0 Å². The van der Waals surface area contributed by atoms with Gasteiger partial charge in [-0.2, -0.15) is 0 Å². The minimum absolute atomic E-state index is 0.0988. The van der Waals surface area contributed by atoms with E-state index < -0.39 is 47.2 Å². The lowest BCUT2D eigenvalue weighted by Gasteiger charge is -2.34. The Hall–Kier alpha value is -3.14. The molecule has 10 nitrogen and oxygen atoms in total. The van der Waals surface area contributed by atoms with Gasteiger partial charge in [-0.05, 0) is 78.7 Å². The summed E-state index contributed by atoms with van der Waals surface area (Å²) in [5.74, 6) is -1.54. The van der Waals surface area contributed by atoms with Crippen molar-refractivity contribution in [2.75, 3.05) is 13.1 Å². The molecule has 1 aromatic rings. The van der Waals surface area contributed by atoms with Gasteiger partial charge in [-0.1, -0.05) is 44.2 Å². The van der Waals surface area contributed by atoms with E-state index in [1.54, 1.807) is 4.90 Å². The fourth-order valence-electron chi connectivity index (χ4n) is 4.66. The standard InChI is InChI=1S/C31H50N4O6/c1-20(2)18-24(33-26(37)22-14-16-35(17-15-22)29(40)41-31(6,7)8)27(38)32-23(19-21-12-10-9-11-13-21)25(36)28(39)34-30(3,4)5/h9-13,20,22-25,36H,14-19H2,1-8H3,(H,32,38)(H,33,37)(H,34,39). The first-order chi connectivity index (χ1) is 18.9. The van der Waals surface area contributed by atoms with Crippen molar-refractivity contribution in [1.29, 1.82) is 0 Å². The van der Waals surface area contributed by atoms with E-state index >= 15 is 0 Å². The van der Waals surface area contributed by atoms with Gasteiger partial charge in [0.25, 0.3) is 5.91 Å². The van der Waals surface area contributed by atoms with Gasteiger partial charge in [0.2, 0.25) is 11.8 Å². The molecule has 0 aromatic heterocycles. The summed E-state index contributed by atoms with van der Waals surface area (Å²) in [4.78, 5) is 53.6. The van der Waals surface area contributed by atoms with E-state index in [2.05, 4.69) is 16.0 Å². The van der Waals surface area contributed by atoms with Crippen molar-refractivity contribution >= 4 is 23.8 Å². The molecular weight excluding hydrogens is 524 g/mol. The molecule has 1 aliphatic rings. The predicted molar refractivity (Wildman–Crippen MR) is 158 cm³/mol. The topological polar surface area (TPSA) is 137 Å². The minimum Gasteiger partial charge on any atom is -0.444 e. The molecule has 1 aliphatic heterocycles. The maximum absolute atomic E-state index is 13.5. The SMILES string of the molecule is CC(C)CC(NC(=O)C1CCN(C(=O)OC(C)(C)C)CC1)C(=O)NC(Cc1ccccc1)C(O)C(=O)NC(C)(C)C. The highest BCUT2D eigenvalue weighted by molar-refractivity contribution is 5.89. The molecule has 1 heterocycles. The molecule has 41 heavy (non-hydrogen) atoms. The fraction of sp³-hybridized carbons (Fsp3) is 0.677. The number of aliphatic hydroxyl groups excluding tert-OH is 1. The number of nitrogens with zero attached hydrogens (tertiary/aromatic N) is 1. The number of ether oxygens (including phenoxy) is 1. The van der Waals surface area contributed by atoms with E-state index in [9.17, 15) is 24.3 Å². The Balaban J connectivity index is 2.11. The molecule has 10 heteroatoms. The summed E-state index contributed by atoms with van der Waals surface area (Å²) in [6.07, 6.45) is -0.349. The van der Waals surface area contributed by atoms with Crippen molar-refractivity contribution in [2.24, 2.45) is 11.8 Å². The molecule has 1 aromatic carbocycles. The Labute approximate surface area is 245 Å². The maximum atomic E-state index is 13.5. The lowest BCUT2D eigenvalue weighted by atomic mass is 9.94. The smallest absolute Gasteiger partial charge is 0.410 e. The van der Waals surface area contributed by atoms with Crippen molar-refractivity contribution in [2.45, 2.75) is 110 Å². The van der Waals surface area contributed by atoms with Crippen LogP contribution in [0, 0.1) is 11.8 Å². The van der Waals surface area contributed by atoms with Crippen LogP contribution in [0.5, 0.6) is 0 Å². The van der Waals surface area contributed by atoms with Crippen LogP contribution in [0.1, 0.15) is 80.2 Å². The van der Waals surface area contributed by atoms with Gasteiger partial charge in [0.15, 0.2) is 6.10 Å². The Morgan fingerprint density at radius 1 is 0.951 bits per heavy atom. The number of carbonyl (C=O) groups excluding carboxylic acids is 4. The highest BCUT2D eigenvalue weighted by Gasteiger charge is 2.35. The fourth-order valence-corrected chi connectivity index (χ4v) is 4.66. The number of hydrogen-bond donors (Lipinski definition) is 4. The van der Waals surface area contributed by atoms with Gasteiger partial charge in [-0.25, -0.2) is 4.79 Å². The van der Waals surface area contributed by atoms with E-state index in [-0.39, 0.29) is 24.2 Å². The van der Waals surface area contributed by atoms with Crippen LogP contribution in [-0.2, 0) is 25.5 Å². The number of amides is 4. The van der Waals surface area contributed by atoms with Crippen LogP contribution in [0.2, 0.25) is 0 Å². The van der Waals surface area contributed by atoms with Gasteiger partial charge in [0.05, 0.1) is 6.04 Å². The lowest BCUT2D eigenvalue weighted by Crippen LogP contribution is -2.58. The zero-order valence-electron chi connectivity index (χ0n) is 26.0. The van der Waals surface area contributed by atoms with E-state index in [0.717, 1.165) is 5.56 Å². The normalized spacial score (nSPS) is 16.9. The molecule has 1 saturated heterocycles. The summed E-state index contributed by atoms with van der Waals surface area (Å²) in [7, 11) is 0. The Kier molecular flexibility index (Phi) is 12.2. The second-order valence-electron chi connectivity index (χ2n) is 13.4. The quantitative estimate of drug-likeness (QED) is 0.339. The van der Waals surface area contributed by atoms with E-state index in [4.69, 9.17) is 4.74 Å². The van der Waals surface area contributed by atoms with E-state index in [1.807, 2.05) is 85.7 Å². The van der Waals surface area contributed by atoms with Gasteiger partial charge >= 0.3 is 6.09 Å². The number of nitrogens with one attached hydrogen (secondary N) is 3. The lowest BCUT2D eigenvalue weighted by molar-refractivity contribution is -0.136. The van der Waals surface area contributed by atoms with Gasteiger partial charge < -0.3 is 30.7 Å². The van der Waals surface area contributed by atoms with Crippen LogP contribution in [0.25, 0.3) is 0 Å². The molecule has 4 amide bonds. The molecular formula is C31H50N4O6. The van der Waals surface area contributed by atoms with Crippen LogP contribution >= 0.6 is 0 Å². The number of rotatable bonds is 10. The van der Waals surface area contributed by atoms with Gasteiger partial charge in [-0.3, -0.25) is 14.4 Å².